The molecule has 0 saturated carbocycles. The molecule has 17 heavy (non-hydrogen) atoms. The van der Waals surface area contributed by atoms with Crippen molar-refractivity contribution in [1.29, 1.82) is 0 Å². The van der Waals surface area contributed by atoms with Crippen molar-refractivity contribution < 1.29 is 9.31 Å². The van der Waals surface area contributed by atoms with E-state index in [1.807, 2.05) is 46.8 Å². The lowest BCUT2D eigenvalue weighted by Gasteiger charge is -2.32. The Bertz CT molecular complexity index is 432. The van der Waals surface area contributed by atoms with Crippen molar-refractivity contribution in [2.75, 3.05) is 0 Å². The highest BCUT2D eigenvalue weighted by atomic mass is 79.9. The second-order valence-electron chi connectivity index (χ2n) is 5.39. The summed E-state index contributed by atoms with van der Waals surface area (Å²) < 4.78 is 12.9. The first-order valence-corrected chi connectivity index (χ1v) is 6.51. The van der Waals surface area contributed by atoms with Gasteiger partial charge in [-0.2, -0.15) is 0 Å². The molecule has 0 atom stereocenters. The van der Waals surface area contributed by atoms with Crippen molar-refractivity contribution in [1.82, 2.24) is 4.98 Å². The highest BCUT2D eigenvalue weighted by Crippen LogP contribution is 2.36. The summed E-state index contributed by atoms with van der Waals surface area (Å²) in [5.41, 5.74) is 1.13. The van der Waals surface area contributed by atoms with E-state index in [0.29, 0.717) is 0 Å². The van der Waals surface area contributed by atoms with Gasteiger partial charge in [-0.15, -0.1) is 0 Å². The molecular formula is C12H17BBrNO2. The minimum Gasteiger partial charge on any atom is -0.398 e. The standard InChI is InChI=1S/C12H17BBrNO2/c1-8-9(14)6-7-10(15-8)13-16-11(2,3)12(4,5)17-13/h6-7H,1-5H3. The average molecular weight is 298 g/mol. The van der Waals surface area contributed by atoms with Gasteiger partial charge in [0.25, 0.3) is 0 Å². The maximum Gasteiger partial charge on any atom is 0.514 e. The molecule has 1 saturated heterocycles. The van der Waals surface area contributed by atoms with Gasteiger partial charge >= 0.3 is 7.12 Å². The molecule has 1 aliphatic heterocycles. The zero-order valence-corrected chi connectivity index (χ0v) is 12.5. The van der Waals surface area contributed by atoms with E-state index in [-0.39, 0.29) is 18.3 Å². The summed E-state index contributed by atoms with van der Waals surface area (Å²) in [6, 6.07) is 3.90. The Labute approximate surface area is 111 Å². The van der Waals surface area contributed by atoms with Crippen LogP contribution in [0.5, 0.6) is 0 Å². The van der Waals surface area contributed by atoms with Gasteiger partial charge in [0, 0.05) is 4.47 Å². The normalized spacial score (nSPS) is 21.9. The van der Waals surface area contributed by atoms with E-state index in [2.05, 4.69) is 20.9 Å². The molecule has 1 aromatic rings. The van der Waals surface area contributed by atoms with Crippen LogP contribution in [0.1, 0.15) is 33.4 Å². The first-order valence-electron chi connectivity index (χ1n) is 5.72. The number of halogens is 1. The molecule has 5 heteroatoms. The van der Waals surface area contributed by atoms with Gasteiger partial charge in [0.15, 0.2) is 0 Å². The van der Waals surface area contributed by atoms with Gasteiger partial charge in [0.05, 0.1) is 22.5 Å². The molecule has 3 nitrogen and oxygen atoms in total. The zero-order chi connectivity index (χ0) is 12.8. The predicted molar refractivity (Wildman–Crippen MR) is 72.4 cm³/mol. The number of rotatable bonds is 1. The van der Waals surface area contributed by atoms with Crippen LogP contribution in [0.15, 0.2) is 16.6 Å². The topological polar surface area (TPSA) is 31.4 Å². The van der Waals surface area contributed by atoms with Gasteiger partial charge in [-0.1, -0.05) is 0 Å². The molecule has 1 aromatic heterocycles. The van der Waals surface area contributed by atoms with Crippen LogP contribution in [0, 0.1) is 6.92 Å². The quantitative estimate of drug-likeness (QED) is 0.746. The molecule has 0 aliphatic carbocycles. The number of pyridine rings is 1. The van der Waals surface area contributed by atoms with E-state index >= 15 is 0 Å². The van der Waals surface area contributed by atoms with Crippen LogP contribution in [0.2, 0.25) is 0 Å². The number of hydrogen-bond acceptors (Lipinski definition) is 3. The molecular weight excluding hydrogens is 281 g/mol. The molecule has 2 heterocycles. The van der Waals surface area contributed by atoms with E-state index in [0.717, 1.165) is 15.8 Å². The molecule has 0 aromatic carbocycles. The first kappa shape index (κ1) is 13.1. The van der Waals surface area contributed by atoms with Gasteiger partial charge in [0.2, 0.25) is 0 Å². The van der Waals surface area contributed by atoms with E-state index in [1.165, 1.54) is 0 Å². The number of aromatic nitrogens is 1. The van der Waals surface area contributed by atoms with Crippen LogP contribution in [-0.4, -0.2) is 23.3 Å². The molecule has 1 aliphatic rings. The number of hydrogen-bond donors (Lipinski definition) is 0. The lowest BCUT2D eigenvalue weighted by atomic mass is 9.84. The van der Waals surface area contributed by atoms with Crippen molar-refractivity contribution in [3.05, 3.63) is 22.3 Å². The van der Waals surface area contributed by atoms with Crippen LogP contribution in [0.3, 0.4) is 0 Å². The molecule has 0 amide bonds. The van der Waals surface area contributed by atoms with Crippen molar-refractivity contribution in [2.45, 2.75) is 45.8 Å². The summed E-state index contributed by atoms with van der Waals surface area (Å²) in [5.74, 6) is 0. The summed E-state index contributed by atoms with van der Waals surface area (Å²) in [4.78, 5) is 4.49. The van der Waals surface area contributed by atoms with Crippen LogP contribution >= 0.6 is 15.9 Å². The molecule has 0 N–H and O–H groups in total. The first-order chi connectivity index (χ1) is 7.73. The molecule has 0 bridgehead atoms. The van der Waals surface area contributed by atoms with Crippen molar-refractivity contribution in [3.8, 4) is 0 Å². The summed E-state index contributed by atoms with van der Waals surface area (Å²) in [6.07, 6.45) is 0. The maximum atomic E-state index is 5.94. The van der Waals surface area contributed by atoms with E-state index in [1.54, 1.807) is 0 Å². The lowest BCUT2D eigenvalue weighted by molar-refractivity contribution is 0.00578. The van der Waals surface area contributed by atoms with Crippen LogP contribution in [-0.2, 0) is 9.31 Å². The molecule has 92 valence electrons. The summed E-state index contributed by atoms with van der Waals surface area (Å²) in [5, 5.41) is 0. The van der Waals surface area contributed by atoms with E-state index in [4.69, 9.17) is 9.31 Å². The Morgan fingerprint density at radius 3 is 2.12 bits per heavy atom. The number of aryl methyl sites for hydroxylation is 1. The van der Waals surface area contributed by atoms with Crippen molar-refractivity contribution >= 4 is 28.6 Å². The third-order valence-corrected chi connectivity index (χ3v) is 4.38. The fourth-order valence-corrected chi connectivity index (χ4v) is 1.88. The lowest BCUT2D eigenvalue weighted by Crippen LogP contribution is -2.41. The Morgan fingerprint density at radius 1 is 1.12 bits per heavy atom. The van der Waals surface area contributed by atoms with Crippen LogP contribution in [0.25, 0.3) is 0 Å². The van der Waals surface area contributed by atoms with Crippen molar-refractivity contribution in [2.24, 2.45) is 0 Å². The molecule has 2 rings (SSSR count). The van der Waals surface area contributed by atoms with Gasteiger partial charge < -0.3 is 9.31 Å². The summed E-state index contributed by atoms with van der Waals surface area (Å²) in [7, 11) is -0.383. The Balaban J connectivity index is 2.29. The Morgan fingerprint density at radius 2 is 1.65 bits per heavy atom. The van der Waals surface area contributed by atoms with Gasteiger partial charge in [0.1, 0.15) is 0 Å². The van der Waals surface area contributed by atoms with Gasteiger partial charge in [-0.3, -0.25) is 4.98 Å². The zero-order valence-electron chi connectivity index (χ0n) is 10.9. The number of nitrogens with zero attached hydrogens (tertiary/aromatic N) is 1. The van der Waals surface area contributed by atoms with Crippen LogP contribution in [0.4, 0.5) is 0 Å². The van der Waals surface area contributed by atoms with Crippen LogP contribution < -0.4 is 5.59 Å². The summed E-state index contributed by atoms with van der Waals surface area (Å²) in [6.45, 7) is 10.1. The highest BCUT2D eigenvalue weighted by Gasteiger charge is 2.52. The maximum absolute atomic E-state index is 5.94. The monoisotopic (exact) mass is 297 g/mol. The van der Waals surface area contributed by atoms with E-state index in [9.17, 15) is 0 Å². The van der Waals surface area contributed by atoms with E-state index < -0.39 is 0 Å². The molecule has 0 spiro atoms. The third kappa shape index (κ3) is 2.28. The fourth-order valence-electron chi connectivity index (χ4n) is 1.66. The molecule has 1 fully saturated rings. The largest absolute Gasteiger partial charge is 0.514 e. The fraction of sp³-hybridized carbons (Fsp3) is 0.583. The average Bonchev–Trinajstić information content (AvgIpc) is 2.41. The SMILES string of the molecule is Cc1nc(B2OC(C)(C)C(C)(C)O2)ccc1Br. The third-order valence-electron chi connectivity index (χ3n) is 3.54. The smallest absolute Gasteiger partial charge is 0.398 e. The molecule has 0 unspecified atom stereocenters. The second-order valence-corrected chi connectivity index (χ2v) is 6.25. The minimum atomic E-state index is -0.383. The summed E-state index contributed by atoms with van der Waals surface area (Å²) >= 11 is 3.44. The minimum absolute atomic E-state index is 0.319. The van der Waals surface area contributed by atoms with Crippen molar-refractivity contribution in [3.63, 3.8) is 0 Å². The predicted octanol–water partition coefficient (Wildman–Crippen LogP) is 2.45. The highest BCUT2D eigenvalue weighted by molar-refractivity contribution is 9.10. The van der Waals surface area contributed by atoms with Gasteiger partial charge in [-0.25, -0.2) is 0 Å². The molecule has 0 radical (unpaired) electrons. The van der Waals surface area contributed by atoms with Gasteiger partial charge in [-0.05, 0) is 62.7 Å². The Kier molecular flexibility index (Phi) is 3.13. The Hall–Kier alpha value is -0.385. The second kappa shape index (κ2) is 4.07.